The molecule has 1 N–H and O–H groups in total. The Kier molecular flexibility index (Phi) is 5.69. The second-order valence-corrected chi connectivity index (χ2v) is 6.40. The minimum absolute atomic E-state index is 0.0149. The third kappa shape index (κ3) is 4.12. The molecule has 0 aliphatic rings. The van der Waals surface area contributed by atoms with E-state index in [-0.39, 0.29) is 11.9 Å². The van der Waals surface area contributed by atoms with Crippen molar-refractivity contribution in [2.45, 2.75) is 19.0 Å². The summed E-state index contributed by atoms with van der Waals surface area (Å²) in [6.45, 7) is 2.01. The molecule has 3 rings (SSSR count). The summed E-state index contributed by atoms with van der Waals surface area (Å²) in [5.74, 6) is -0.0149. The summed E-state index contributed by atoms with van der Waals surface area (Å²) in [6, 6.07) is 29.4. The van der Waals surface area contributed by atoms with Gasteiger partial charge in [-0.1, -0.05) is 78.9 Å². The van der Waals surface area contributed by atoms with Gasteiger partial charge in [-0.2, -0.15) is 0 Å². The molecular formula is C23H24N2O. The van der Waals surface area contributed by atoms with Gasteiger partial charge in [0, 0.05) is 12.7 Å². The Morgan fingerprint density at radius 3 is 1.77 bits per heavy atom. The van der Waals surface area contributed by atoms with Crippen LogP contribution >= 0.6 is 0 Å². The lowest BCUT2D eigenvalue weighted by Gasteiger charge is -2.30. The van der Waals surface area contributed by atoms with Gasteiger partial charge in [0.05, 0.1) is 6.04 Å². The van der Waals surface area contributed by atoms with E-state index in [1.165, 1.54) is 0 Å². The molecule has 0 bridgehead atoms. The molecule has 3 heteroatoms. The molecule has 0 heterocycles. The van der Waals surface area contributed by atoms with Crippen molar-refractivity contribution in [2.24, 2.45) is 0 Å². The maximum Gasteiger partial charge on any atom is 0.247 e. The molecule has 0 saturated carbocycles. The largest absolute Gasteiger partial charge is 0.359 e. The molecule has 0 radical (unpaired) electrons. The predicted molar refractivity (Wildman–Crippen MR) is 107 cm³/mol. The van der Waals surface area contributed by atoms with E-state index in [1.807, 2.05) is 110 Å². The molecule has 2 unspecified atom stereocenters. The zero-order valence-electron chi connectivity index (χ0n) is 15.2. The van der Waals surface area contributed by atoms with Gasteiger partial charge in [-0.3, -0.25) is 4.79 Å². The van der Waals surface area contributed by atoms with Crippen LogP contribution in [0.1, 0.15) is 30.1 Å². The fourth-order valence-electron chi connectivity index (χ4n) is 3.12. The van der Waals surface area contributed by atoms with Crippen molar-refractivity contribution in [3.8, 4) is 0 Å². The van der Waals surface area contributed by atoms with E-state index < -0.39 is 6.04 Å². The number of amides is 1. The molecule has 1 amide bonds. The minimum atomic E-state index is -0.398. The lowest BCUT2D eigenvalue weighted by molar-refractivity contribution is -0.123. The maximum atomic E-state index is 13.2. The van der Waals surface area contributed by atoms with Crippen LogP contribution in [-0.2, 0) is 4.79 Å². The topological polar surface area (TPSA) is 32.3 Å². The van der Waals surface area contributed by atoms with E-state index in [1.54, 1.807) is 0 Å². The second kappa shape index (κ2) is 8.34. The zero-order valence-corrected chi connectivity index (χ0v) is 15.2. The molecule has 0 aromatic heterocycles. The quantitative estimate of drug-likeness (QED) is 0.700. The summed E-state index contributed by atoms with van der Waals surface area (Å²) < 4.78 is 0. The highest BCUT2D eigenvalue weighted by Crippen LogP contribution is 2.26. The molecular weight excluding hydrogens is 320 g/mol. The summed E-state index contributed by atoms with van der Waals surface area (Å²) in [5.41, 5.74) is 3.07. The van der Waals surface area contributed by atoms with Crippen molar-refractivity contribution in [2.75, 3.05) is 11.9 Å². The first kappa shape index (κ1) is 17.7. The fourth-order valence-corrected chi connectivity index (χ4v) is 3.12. The molecule has 3 aromatic rings. The van der Waals surface area contributed by atoms with E-state index in [0.29, 0.717) is 0 Å². The fraction of sp³-hybridized carbons (Fsp3) is 0.174. The number of nitrogens with one attached hydrogen (secondary N) is 1. The van der Waals surface area contributed by atoms with Crippen LogP contribution < -0.4 is 10.2 Å². The van der Waals surface area contributed by atoms with Crippen molar-refractivity contribution in [1.29, 1.82) is 0 Å². The van der Waals surface area contributed by atoms with Crippen molar-refractivity contribution in [3.63, 3.8) is 0 Å². The van der Waals surface area contributed by atoms with Crippen molar-refractivity contribution < 1.29 is 4.79 Å². The zero-order chi connectivity index (χ0) is 18.4. The van der Waals surface area contributed by atoms with Crippen LogP contribution in [0.3, 0.4) is 0 Å². The van der Waals surface area contributed by atoms with Gasteiger partial charge in [0.2, 0.25) is 5.91 Å². The van der Waals surface area contributed by atoms with E-state index in [4.69, 9.17) is 0 Å². The first-order valence-electron chi connectivity index (χ1n) is 8.85. The van der Waals surface area contributed by atoms with Gasteiger partial charge in [0.1, 0.15) is 6.04 Å². The van der Waals surface area contributed by atoms with Gasteiger partial charge in [0.25, 0.3) is 0 Å². The number of likely N-dealkylation sites (N-methyl/N-ethyl adjacent to an activating group) is 1. The number of carbonyl (C=O) groups excluding carboxylic acids is 1. The molecule has 3 aromatic carbocycles. The molecule has 3 nitrogen and oxygen atoms in total. The highest BCUT2D eigenvalue weighted by Gasteiger charge is 2.26. The summed E-state index contributed by atoms with van der Waals surface area (Å²) >= 11 is 0. The Morgan fingerprint density at radius 2 is 1.23 bits per heavy atom. The van der Waals surface area contributed by atoms with Gasteiger partial charge in [-0.25, -0.2) is 0 Å². The number of hydrogen-bond donors (Lipinski definition) is 1. The van der Waals surface area contributed by atoms with Crippen molar-refractivity contribution in [1.82, 2.24) is 5.32 Å². The van der Waals surface area contributed by atoms with Gasteiger partial charge < -0.3 is 10.2 Å². The van der Waals surface area contributed by atoms with E-state index in [0.717, 1.165) is 16.8 Å². The standard InChI is InChI=1S/C23H24N2O/c1-18(19-12-6-3-7-13-19)24-23(26)22(20-14-8-4-9-15-20)25(2)21-16-10-5-11-17-21/h3-18,22H,1-2H3,(H,24,26). The predicted octanol–water partition coefficient (Wildman–Crippen LogP) is 4.74. The molecule has 2 atom stereocenters. The van der Waals surface area contributed by atoms with E-state index >= 15 is 0 Å². The number of anilines is 1. The van der Waals surface area contributed by atoms with Gasteiger partial charge in [-0.15, -0.1) is 0 Å². The molecule has 0 aliphatic heterocycles. The van der Waals surface area contributed by atoms with Crippen molar-refractivity contribution in [3.05, 3.63) is 102 Å². The summed E-state index contributed by atoms with van der Waals surface area (Å²) in [5, 5.41) is 3.16. The first-order chi connectivity index (χ1) is 12.7. The van der Waals surface area contributed by atoms with Gasteiger partial charge >= 0.3 is 0 Å². The highest BCUT2D eigenvalue weighted by atomic mass is 16.2. The average Bonchev–Trinajstić information content (AvgIpc) is 2.70. The summed E-state index contributed by atoms with van der Waals surface area (Å²) in [4.78, 5) is 15.2. The minimum Gasteiger partial charge on any atom is -0.359 e. The summed E-state index contributed by atoms with van der Waals surface area (Å²) in [6.07, 6.45) is 0. The number of para-hydroxylation sites is 1. The Balaban J connectivity index is 1.87. The number of nitrogens with zero attached hydrogens (tertiary/aromatic N) is 1. The molecule has 0 aliphatic carbocycles. The molecule has 0 saturated heterocycles. The number of carbonyl (C=O) groups is 1. The number of benzene rings is 3. The molecule has 26 heavy (non-hydrogen) atoms. The molecule has 0 fully saturated rings. The van der Waals surface area contributed by atoms with Crippen LogP contribution in [0.2, 0.25) is 0 Å². The van der Waals surface area contributed by atoms with Crippen LogP contribution in [0.15, 0.2) is 91.0 Å². The smallest absolute Gasteiger partial charge is 0.247 e. The normalized spacial score (nSPS) is 12.8. The number of hydrogen-bond acceptors (Lipinski definition) is 2. The Bertz CT molecular complexity index is 819. The van der Waals surface area contributed by atoms with Crippen LogP contribution in [0.5, 0.6) is 0 Å². The Labute approximate surface area is 155 Å². The SMILES string of the molecule is CC(NC(=O)C(c1ccccc1)N(C)c1ccccc1)c1ccccc1. The Hall–Kier alpha value is -3.07. The van der Waals surface area contributed by atoms with Gasteiger partial charge in [-0.05, 0) is 30.2 Å². The molecule has 132 valence electrons. The van der Waals surface area contributed by atoms with E-state index in [9.17, 15) is 4.79 Å². The average molecular weight is 344 g/mol. The van der Waals surface area contributed by atoms with E-state index in [2.05, 4.69) is 5.32 Å². The van der Waals surface area contributed by atoms with Crippen molar-refractivity contribution >= 4 is 11.6 Å². The Morgan fingerprint density at radius 1 is 0.769 bits per heavy atom. The third-order valence-electron chi connectivity index (χ3n) is 4.57. The molecule has 0 spiro atoms. The van der Waals surface area contributed by atoms with Crippen LogP contribution in [0, 0.1) is 0 Å². The van der Waals surface area contributed by atoms with Gasteiger partial charge in [0.15, 0.2) is 0 Å². The second-order valence-electron chi connectivity index (χ2n) is 6.40. The monoisotopic (exact) mass is 344 g/mol. The lowest BCUT2D eigenvalue weighted by atomic mass is 10.0. The van der Waals surface area contributed by atoms with Crippen LogP contribution in [0.4, 0.5) is 5.69 Å². The maximum absolute atomic E-state index is 13.2. The summed E-state index contributed by atoms with van der Waals surface area (Å²) in [7, 11) is 1.96. The number of rotatable bonds is 6. The first-order valence-corrected chi connectivity index (χ1v) is 8.85. The van der Waals surface area contributed by atoms with Crippen LogP contribution in [0.25, 0.3) is 0 Å². The third-order valence-corrected chi connectivity index (χ3v) is 4.57. The lowest BCUT2D eigenvalue weighted by Crippen LogP contribution is -2.39. The van der Waals surface area contributed by atoms with Crippen LogP contribution in [-0.4, -0.2) is 13.0 Å². The highest BCUT2D eigenvalue weighted by molar-refractivity contribution is 5.87.